The second-order valence-corrected chi connectivity index (χ2v) is 9.05. The van der Waals surface area contributed by atoms with Crippen LogP contribution in [0.5, 0.6) is 5.75 Å². The molecule has 4 rings (SSSR count). The normalized spacial score (nSPS) is 15.5. The summed E-state index contributed by atoms with van der Waals surface area (Å²) in [5.74, 6) is 0.865. The van der Waals surface area contributed by atoms with E-state index in [0.29, 0.717) is 13.1 Å². The summed E-state index contributed by atoms with van der Waals surface area (Å²) < 4.78 is 6.13. The molecule has 3 aromatic rings. The van der Waals surface area contributed by atoms with Gasteiger partial charge in [-0.25, -0.2) is 0 Å². The number of benzene rings is 3. The summed E-state index contributed by atoms with van der Waals surface area (Å²) in [7, 11) is 0. The second kappa shape index (κ2) is 10.2. The monoisotopic (exact) mass is 442 g/mol. The SMILES string of the molecule is Cc1cc(C)c(C)c(O[C@H](C)C(=O)N2CCN(C(c3ccccc3)c3ccccc3)CC2)c1. The van der Waals surface area contributed by atoms with E-state index in [1.165, 1.54) is 16.7 Å². The van der Waals surface area contributed by atoms with Gasteiger partial charge in [0.2, 0.25) is 0 Å². The van der Waals surface area contributed by atoms with Gasteiger partial charge in [0, 0.05) is 26.2 Å². The largest absolute Gasteiger partial charge is 0.481 e. The number of hydrogen-bond donors (Lipinski definition) is 0. The van der Waals surface area contributed by atoms with Crippen molar-refractivity contribution in [1.82, 2.24) is 9.80 Å². The van der Waals surface area contributed by atoms with E-state index in [4.69, 9.17) is 4.74 Å². The van der Waals surface area contributed by atoms with Gasteiger partial charge in [-0.05, 0) is 61.6 Å². The summed E-state index contributed by atoms with van der Waals surface area (Å²) in [5.41, 5.74) is 6.00. The van der Waals surface area contributed by atoms with Crippen molar-refractivity contribution in [2.45, 2.75) is 39.8 Å². The number of piperazine rings is 1. The molecule has 0 unspecified atom stereocenters. The standard InChI is InChI=1S/C29H34N2O2/c1-21-19-22(2)23(3)27(20-21)33-24(4)29(32)31-17-15-30(16-18-31)28(25-11-7-5-8-12-25)26-13-9-6-10-14-26/h5-14,19-20,24,28H,15-18H2,1-4H3/t24-/m1/s1. The summed E-state index contributed by atoms with van der Waals surface area (Å²) in [6.45, 7) is 11.1. The fourth-order valence-corrected chi connectivity index (χ4v) is 4.71. The van der Waals surface area contributed by atoms with Gasteiger partial charge in [-0.1, -0.05) is 66.7 Å². The lowest BCUT2D eigenvalue weighted by atomic mass is 9.96. The van der Waals surface area contributed by atoms with Crippen molar-refractivity contribution < 1.29 is 9.53 Å². The van der Waals surface area contributed by atoms with Crippen LogP contribution in [0.1, 0.15) is 40.8 Å². The highest BCUT2D eigenvalue weighted by molar-refractivity contribution is 5.81. The van der Waals surface area contributed by atoms with Crippen molar-refractivity contribution in [3.05, 3.63) is 101 Å². The van der Waals surface area contributed by atoms with Crippen molar-refractivity contribution in [3.63, 3.8) is 0 Å². The maximum atomic E-state index is 13.2. The van der Waals surface area contributed by atoms with E-state index in [0.717, 1.165) is 30.0 Å². The van der Waals surface area contributed by atoms with E-state index >= 15 is 0 Å². The molecule has 0 bridgehead atoms. The highest BCUT2D eigenvalue weighted by Gasteiger charge is 2.30. The van der Waals surface area contributed by atoms with Gasteiger partial charge in [0.05, 0.1) is 6.04 Å². The van der Waals surface area contributed by atoms with Crippen molar-refractivity contribution >= 4 is 5.91 Å². The number of nitrogens with zero attached hydrogens (tertiary/aromatic N) is 2. The van der Waals surface area contributed by atoms with Crippen molar-refractivity contribution in [2.75, 3.05) is 26.2 Å². The number of hydrogen-bond acceptors (Lipinski definition) is 3. The minimum absolute atomic E-state index is 0.0594. The van der Waals surface area contributed by atoms with E-state index in [1.54, 1.807) is 0 Å². The Bertz CT molecular complexity index is 1030. The lowest BCUT2D eigenvalue weighted by Crippen LogP contribution is -2.52. The van der Waals surface area contributed by atoms with Gasteiger partial charge in [0.1, 0.15) is 5.75 Å². The van der Waals surface area contributed by atoms with Crippen LogP contribution >= 0.6 is 0 Å². The Morgan fingerprint density at radius 1 is 0.818 bits per heavy atom. The molecule has 1 aliphatic heterocycles. The van der Waals surface area contributed by atoms with Gasteiger partial charge in [-0.3, -0.25) is 9.69 Å². The molecule has 1 fully saturated rings. The van der Waals surface area contributed by atoms with Gasteiger partial charge in [-0.15, -0.1) is 0 Å². The Morgan fingerprint density at radius 2 is 1.36 bits per heavy atom. The summed E-state index contributed by atoms with van der Waals surface area (Å²) in [5, 5.41) is 0. The van der Waals surface area contributed by atoms with E-state index in [-0.39, 0.29) is 11.9 Å². The molecule has 0 saturated carbocycles. The van der Waals surface area contributed by atoms with Crippen LogP contribution in [0.2, 0.25) is 0 Å². The average molecular weight is 443 g/mol. The minimum atomic E-state index is -0.504. The van der Waals surface area contributed by atoms with Gasteiger partial charge < -0.3 is 9.64 Å². The molecule has 0 radical (unpaired) electrons. The first-order chi connectivity index (χ1) is 15.9. The molecular weight excluding hydrogens is 408 g/mol. The third-order valence-corrected chi connectivity index (χ3v) is 6.64. The molecule has 1 amide bonds. The molecule has 3 aromatic carbocycles. The Balaban J connectivity index is 1.43. The van der Waals surface area contributed by atoms with E-state index in [1.807, 2.05) is 24.8 Å². The topological polar surface area (TPSA) is 32.8 Å². The van der Waals surface area contributed by atoms with Gasteiger partial charge in [0.25, 0.3) is 5.91 Å². The van der Waals surface area contributed by atoms with Gasteiger partial charge in [0.15, 0.2) is 6.10 Å². The van der Waals surface area contributed by atoms with Crippen LogP contribution in [0, 0.1) is 20.8 Å². The molecule has 4 heteroatoms. The van der Waals surface area contributed by atoms with E-state index < -0.39 is 6.10 Å². The molecule has 1 saturated heterocycles. The van der Waals surface area contributed by atoms with Crippen molar-refractivity contribution in [3.8, 4) is 5.75 Å². The maximum Gasteiger partial charge on any atom is 0.263 e. The Labute approximate surface area is 197 Å². The molecule has 0 spiro atoms. The summed E-state index contributed by atoms with van der Waals surface area (Å²) in [4.78, 5) is 17.6. The number of aryl methyl sites for hydroxylation is 2. The molecule has 1 heterocycles. The quantitative estimate of drug-likeness (QED) is 0.518. The Morgan fingerprint density at radius 3 is 1.91 bits per heavy atom. The van der Waals surface area contributed by atoms with E-state index in [9.17, 15) is 4.79 Å². The maximum absolute atomic E-state index is 13.2. The molecule has 172 valence electrons. The number of ether oxygens (including phenoxy) is 1. The minimum Gasteiger partial charge on any atom is -0.481 e. The fraction of sp³-hybridized carbons (Fsp3) is 0.345. The Hall–Kier alpha value is -3.11. The fourth-order valence-electron chi connectivity index (χ4n) is 4.71. The zero-order valence-corrected chi connectivity index (χ0v) is 20.1. The lowest BCUT2D eigenvalue weighted by Gasteiger charge is -2.40. The Kier molecular flexibility index (Phi) is 7.14. The first-order valence-electron chi connectivity index (χ1n) is 11.8. The first kappa shape index (κ1) is 23.1. The highest BCUT2D eigenvalue weighted by Crippen LogP contribution is 2.30. The number of rotatable bonds is 6. The molecule has 1 aliphatic rings. The van der Waals surface area contributed by atoms with Crippen LogP contribution in [0.4, 0.5) is 0 Å². The average Bonchev–Trinajstić information content (AvgIpc) is 2.84. The summed E-state index contributed by atoms with van der Waals surface area (Å²) in [6.07, 6.45) is -0.504. The van der Waals surface area contributed by atoms with Crippen LogP contribution in [-0.2, 0) is 4.79 Å². The summed E-state index contributed by atoms with van der Waals surface area (Å²) >= 11 is 0. The van der Waals surface area contributed by atoms with Crippen LogP contribution in [0.3, 0.4) is 0 Å². The first-order valence-corrected chi connectivity index (χ1v) is 11.8. The van der Waals surface area contributed by atoms with Crippen LogP contribution < -0.4 is 4.74 Å². The third-order valence-electron chi connectivity index (χ3n) is 6.64. The molecule has 0 aromatic heterocycles. The van der Waals surface area contributed by atoms with Crippen LogP contribution in [-0.4, -0.2) is 48.0 Å². The lowest BCUT2D eigenvalue weighted by molar-refractivity contribution is -0.140. The van der Waals surface area contributed by atoms with E-state index in [2.05, 4.69) is 85.5 Å². The molecule has 33 heavy (non-hydrogen) atoms. The van der Waals surface area contributed by atoms with Crippen molar-refractivity contribution in [2.24, 2.45) is 0 Å². The zero-order valence-electron chi connectivity index (χ0n) is 20.1. The molecule has 0 aliphatic carbocycles. The highest BCUT2D eigenvalue weighted by atomic mass is 16.5. The molecule has 4 nitrogen and oxygen atoms in total. The zero-order chi connectivity index (χ0) is 23.4. The second-order valence-electron chi connectivity index (χ2n) is 9.05. The molecular formula is C29H34N2O2. The predicted octanol–water partition coefficient (Wildman–Crippen LogP) is 5.31. The number of carbonyl (C=O) groups excluding carboxylic acids is 1. The van der Waals surface area contributed by atoms with Crippen LogP contribution in [0.25, 0.3) is 0 Å². The summed E-state index contributed by atoms with van der Waals surface area (Å²) in [6, 6.07) is 25.6. The number of amides is 1. The molecule has 0 N–H and O–H groups in total. The van der Waals surface area contributed by atoms with Gasteiger partial charge >= 0.3 is 0 Å². The van der Waals surface area contributed by atoms with Gasteiger partial charge in [-0.2, -0.15) is 0 Å². The smallest absolute Gasteiger partial charge is 0.263 e. The predicted molar refractivity (Wildman–Crippen MR) is 134 cm³/mol. The number of carbonyl (C=O) groups is 1. The van der Waals surface area contributed by atoms with Crippen LogP contribution in [0.15, 0.2) is 72.8 Å². The molecule has 1 atom stereocenters. The third kappa shape index (κ3) is 5.28. The van der Waals surface area contributed by atoms with Crippen molar-refractivity contribution in [1.29, 1.82) is 0 Å².